The molecule has 0 atom stereocenters. The summed E-state index contributed by atoms with van der Waals surface area (Å²) < 4.78 is 0. The lowest BCUT2D eigenvalue weighted by Crippen LogP contribution is -1.77. The zero-order valence-electron chi connectivity index (χ0n) is 7.90. The maximum Gasteiger partial charge on any atom is -0.0183 e. The third-order valence-electron chi connectivity index (χ3n) is 2.20. The summed E-state index contributed by atoms with van der Waals surface area (Å²) in [5.41, 5.74) is 3.50. The lowest BCUT2D eigenvalue weighted by atomic mass is 10.0. The molecule has 2 rings (SSSR count). The first kappa shape index (κ1) is 8.76. The topological polar surface area (TPSA) is 0 Å². The van der Waals surface area contributed by atoms with Crippen molar-refractivity contribution in [2.45, 2.75) is 0 Å². The van der Waals surface area contributed by atoms with Crippen LogP contribution in [0, 0.1) is 6.08 Å². The quantitative estimate of drug-likeness (QED) is 0.659. The van der Waals surface area contributed by atoms with Crippen LogP contribution in [0.15, 0.2) is 61.2 Å². The van der Waals surface area contributed by atoms with Crippen molar-refractivity contribution >= 4 is 0 Å². The van der Waals surface area contributed by atoms with E-state index in [4.69, 9.17) is 0 Å². The summed E-state index contributed by atoms with van der Waals surface area (Å²) in [5, 5.41) is 0. The van der Waals surface area contributed by atoms with Crippen LogP contribution in [0.5, 0.6) is 0 Å². The largest absolute Gasteiger partial charge is 0.0906 e. The average Bonchev–Trinajstić information content (AvgIpc) is 2.30. The molecular formula is C14H11. The van der Waals surface area contributed by atoms with E-state index in [2.05, 4.69) is 36.9 Å². The first-order valence-electron chi connectivity index (χ1n) is 4.59. The van der Waals surface area contributed by atoms with Gasteiger partial charge in [0.05, 0.1) is 0 Å². The Hall–Kier alpha value is -1.82. The monoisotopic (exact) mass is 179 g/mol. The van der Waals surface area contributed by atoms with E-state index in [0.717, 1.165) is 5.56 Å². The van der Waals surface area contributed by atoms with Gasteiger partial charge in [-0.25, -0.2) is 0 Å². The van der Waals surface area contributed by atoms with Crippen LogP contribution in [0.1, 0.15) is 5.56 Å². The van der Waals surface area contributed by atoms with Crippen molar-refractivity contribution in [2.24, 2.45) is 0 Å². The lowest BCUT2D eigenvalue weighted by molar-refractivity contribution is 1.56. The molecule has 0 aliphatic carbocycles. The molecule has 0 saturated carbocycles. The van der Waals surface area contributed by atoms with Gasteiger partial charge in [0, 0.05) is 0 Å². The molecule has 2 aromatic rings. The second kappa shape index (κ2) is 3.93. The molecular weight excluding hydrogens is 168 g/mol. The zero-order valence-corrected chi connectivity index (χ0v) is 7.90. The third-order valence-corrected chi connectivity index (χ3v) is 2.20. The Morgan fingerprint density at radius 3 is 1.86 bits per heavy atom. The molecule has 0 fully saturated rings. The van der Waals surface area contributed by atoms with Gasteiger partial charge >= 0.3 is 0 Å². The highest BCUT2D eigenvalue weighted by molar-refractivity contribution is 5.63. The Kier molecular flexibility index (Phi) is 2.46. The van der Waals surface area contributed by atoms with Gasteiger partial charge in [-0.05, 0) is 22.8 Å². The summed E-state index contributed by atoms with van der Waals surface area (Å²) in [7, 11) is 0. The minimum absolute atomic E-state index is 1.03. The van der Waals surface area contributed by atoms with Crippen molar-refractivity contribution in [1.82, 2.24) is 0 Å². The molecule has 0 N–H and O–H groups in total. The Bertz CT molecular complexity index is 410. The Balaban J connectivity index is 2.39. The molecule has 0 unspecified atom stereocenters. The molecule has 0 heterocycles. The molecule has 0 aromatic heterocycles. The van der Waals surface area contributed by atoms with Crippen LogP contribution in [0.3, 0.4) is 0 Å². The molecule has 0 aliphatic rings. The van der Waals surface area contributed by atoms with Crippen LogP contribution < -0.4 is 0 Å². The zero-order chi connectivity index (χ0) is 9.80. The molecule has 1 radical (unpaired) electrons. The van der Waals surface area contributed by atoms with Crippen LogP contribution in [0.4, 0.5) is 0 Å². The van der Waals surface area contributed by atoms with E-state index in [0.29, 0.717) is 0 Å². The summed E-state index contributed by atoms with van der Waals surface area (Å²) in [6.45, 7) is 3.61. The van der Waals surface area contributed by atoms with Crippen LogP contribution >= 0.6 is 0 Å². The molecule has 0 aliphatic heterocycles. The molecule has 0 saturated heterocycles. The van der Waals surface area contributed by atoms with Crippen molar-refractivity contribution in [3.63, 3.8) is 0 Å². The number of hydrogen-bond donors (Lipinski definition) is 0. The van der Waals surface area contributed by atoms with Gasteiger partial charge in [0.25, 0.3) is 0 Å². The van der Waals surface area contributed by atoms with Crippen molar-refractivity contribution in [3.8, 4) is 11.1 Å². The lowest BCUT2D eigenvalue weighted by Gasteiger charge is -2.00. The maximum atomic E-state index is 3.61. The molecule has 2 aromatic carbocycles. The fourth-order valence-corrected chi connectivity index (χ4v) is 1.41. The number of hydrogen-bond acceptors (Lipinski definition) is 0. The Morgan fingerprint density at radius 1 is 0.714 bits per heavy atom. The first-order valence-corrected chi connectivity index (χ1v) is 4.59. The molecule has 0 heteroatoms. The van der Waals surface area contributed by atoms with E-state index in [9.17, 15) is 0 Å². The number of rotatable bonds is 2. The summed E-state index contributed by atoms with van der Waals surface area (Å²) in [5.74, 6) is 0. The van der Waals surface area contributed by atoms with E-state index in [1.54, 1.807) is 0 Å². The van der Waals surface area contributed by atoms with Gasteiger partial charge < -0.3 is 0 Å². The standard InChI is InChI=1S/C14H11/c1-2-12-8-10-14(11-9-12)13-6-4-3-5-7-13/h3-11H,1H2. The van der Waals surface area contributed by atoms with Crippen molar-refractivity contribution in [1.29, 1.82) is 0 Å². The van der Waals surface area contributed by atoms with E-state index in [-0.39, 0.29) is 0 Å². The second-order valence-electron chi connectivity index (χ2n) is 3.12. The molecule has 0 spiro atoms. The maximum absolute atomic E-state index is 3.61. The second-order valence-corrected chi connectivity index (χ2v) is 3.12. The molecule has 0 nitrogen and oxygen atoms in total. The van der Waals surface area contributed by atoms with Crippen LogP contribution in [-0.2, 0) is 0 Å². The molecule has 0 bridgehead atoms. The predicted molar refractivity (Wildman–Crippen MR) is 59.9 cm³/mol. The molecule has 0 amide bonds. The van der Waals surface area contributed by atoms with E-state index < -0.39 is 0 Å². The average molecular weight is 179 g/mol. The third kappa shape index (κ3) is 1.74. The summed E-state index contributed by atoms with van der Waals surface area (Å²) in [6, 6.07) is 18.5. The Morgan fingerprint density at radius 2 is 1.29 bits per heavy atom. The summed E-state index contributed by atoms with van der Waals surface area (Å²) in [6.07, 6.45) is 2.86. The van der Waals surface area contributed by atoms with Gasteiger partial charge in [0.1, 0.15) is 0 Å². The van der Waals surface area contributed by atoms with Gasteiger partial charge in [0.15, 0.2) is 0 Å². The van der Waals surface area contributed by atoms with Gasteiger partial charge in [-0.1, -0.05) is 61.2 Å². The van der Waals surface area contributed by atoms with Gasteiger partial charge in [-0.15, -0.1) is 0 Å². The SMILES string of the molecule is C=[C]c1ccc(-c2ccccc2)cc1. The van der Waals surface area contributed by atoms with E-state index in [1.807, 2.05) is 30.3 Å². The van der Waals surface area contributed by atoms with E-state index in [1.165, 1.54) is 11.1 Å². The molecule has 14 heavy (non-hydrogen) atoms. The smallest absolute Gasteiger partial charge is 0.0183 e. The van der Waals surface area contributed by atoms with Crippen molar-refractivity contribution < 1.29 is 0 Å². The highest BCUT2D eigenvalue weighted by Crippen LogP contribution is 2.18. The highest BCUT2D eigenvalue weighted by atomic mass is 14.0. The van der Waals surface area contributed by atoms with Crippen molar-refractivity contribution in [2.75, 3.05) is 0 Å². The minimum Gasteiger partial charge on any atom is -0.0906 e. The van der Waals surface area contributed by atoms with Gasteiger partial charge in [0.2, 0.25) is 0 Å². The molecule has 67 valence electrons. The fraction of sp³-hybridized carbons (Fsp3) is 0. The summed E-state index contributed by atoms with van der Waals surface area (Å²) in [4.78, 5) is 0. The highest BCUT2D eigenvalue weighted by Gasteiger charge is 1.94. The minimum atomic E-state index is 1.03. The van der Waals surface area contributed by atoms with Gasteiger partial charge in [-0.2, -0.15) is 0 Å². The van der Waals surface area contributed by atoms with E-state index >= 15 is 0 Å². The normalized spacial score (nSPS) is 9.71. The van der Waals surface area contributed by atoms with Crippen LogP contribution in [0.25, 0.3) is 11.1 Å². The fourth-order valence-electron chi connectivity index (χ4n) is 1.41. The van der Waals surface area contributed by atoms with Crippen LogP contribution in [0.2, 0.25) is 0 Å². The Labute approximate surface area is 84.5 Å². The van der Waals surface area contributed by atoms with Gasteiger partial charge in [-0.3, -0.25) is 0 Å². The number of benzene rings is 2. The summed E-state index contributed by atoms with van der Waals surface area (Å²) >= 11 is 0. The van der Waals surface area contributed by atoms with Crippen molar-refractivity contribution in [3.05, 3.63) is 72.8 Å². The first-order chi connectivity index (χ1) is 6.90. The van der Waals surface area contributed by atoms with Crippen LogP contribution in [-0.4, -0.2) is 0 Å². The predicted octanol–water partition coefficient (Wildman–Crippen LogP) is 3.69.